The van der Waals surface area contributed by atoms with Gasteiger partial charge in [0, 0.05) is 19.1 Å². The molecular weight excluding hydrogens is 262 g/mol. The van der Waals surface area contributed by atoms with Gasteiger partial charge < -0.3 is 10.1 Å². The molecule has 1 aromatic rings. The Morgan fingerprint density at radius 1 is 1.30 bits per heavy atom. The van der Waals surface area contributed by atoms with Crippen LogP contribution in [0.3, 0.4) is 0 Å². The fraction of sp³-hybridized carbons (Fsp3) is 0.600. The number of hydrogen-bond acceptors (Lipinski definition) is 3. The lowest BCUT2D eigenvalue weighted by molar-refractivity contribution is 0.0935. The minimum Gasteiger partial charge on any atom is -0.492 e. The summed E-state index contributed by atoms with van der Waals surface area (Å²) in [5, 5.41) is 3.34. The molecule has 0 unspecified atom stereocenters. The quantitative estimate of drug-likeness (QED) is 0.755. The van der Waals surface area contributed by atoms with Gasteiger partial charge in [0.05, 0.1) is 6.54 Å². The predicted molar refractivity (Wildman–Crippen MR) is 77.4 cm³/mol. The van der Waals surface area contributed by atoms with Crippen LogP contribution >= 0.6 is 0 Å². The second kappa shape index (κ2) is 8.87. The van der Waals surface area contributed by atoms with E-state index in [0.717, 1.165) is 17.9 Å². The molecule has 114 valence electrons. The van der Waals surface area contributed by atoms with E-state index in [1.807, 2.05) is 24.3 Å². The molecule has 5 heteroatoms. The maximum absolute atomic E-state index is 12.1. The van der Waals surface area contributed by atoms with Gasteiger partial charge in [-0.05, 0) is 24.7 Å². The second-order valence-corrected chi connectivity index (χ2v) is 5.18. The third-order valence-electron chi connectivity index (χ3n) is 2.80. The SMILES string of the molecule is CC(C)NCc1cccc(OCCN(C)CC(F)F)c1. The van der Waals surface area contributed by atoms with Crippen LogP contribution in [0.1, 0.15) is 19.4 Å². The number of halogens is 2. The number of benzene rings is 1. The molecule has 0 saturated heterocycles. The van der Waals surface area contributed by atoms with Gasteiger partial charge in [-0.1, -0.05) is 26.0 Å². The van der Waals surface area contributed by atoms with Gasteiger partial charge in [-0.3, -0.25) is 4.90 Å². The topological polar surface area (TPSA) is 24.5 Å². The Balaban J connectivity index is 2.34. The number of ether oxygens (including phenoxy) is 1. The molecular formula is C15H24F2N2O. The van der Waals surface area contributed by atoms with Gasteiger partial charge in [0.1, 0.15) is 12.4 Å². The van der Waals surface area contributed by atoms with E-state index in [1.54, 1.807) is 11.9 Å². The third kappa shape index (κ3) is 7.40. The van der Waals surface area contributed by atoms with E-state index in [1.165, 1.54) is 0 Å². The van der Waals surface area contributed by atoms with Crippen LogP contribution in [0.4, 0.5) is 8.78 Å². The predicted octanol–water partition coefficient (Wildman–Crippen LogP) is 2.76. The Morgan fingerprint density at radius 2 is 2.05 bits per heavy atom. The van der Waals surface area contributed by atoms with Gasteiger partial charge in [-0.15, -0.1) is 0 Å². The molecule has 0 aliphatic carbocycles. The Morgan fingerprint density at radius 3 is 2.70 bits per heavy atom. The Bertz CT molecular complexity index is 386. The van der Waals surface area contributed by atoms with Gasteiger partial charge in [-0.2, -0.15) is 0 Å². The van der Waals surface area contributed by atoms with Crippen LogP contribution in [0.25, 0.3) is 0 Å². The van der Waals surface area contributed by atoms with Crippen LogP contribution in [-0.2, 0) is 6.54 Å². The summed E-state index contributed by atoms with van der Waals surface area (Å²) < 4.78 is 29.9. The smallest absolute Gasteiger partial charge is 0.251 e. The largest absolute Gasteiger partial charge is 0.492 e. The molecule has 0 bridgehead atoms. The van der Waals surface area contributed by atoms with Crippen molar-refractivity contribution in [2.45, 2.75) is 32.9 Å². The highest BCUT2D eigenvalue weighted by atomic mass is 19.3. The van der Waals surface area contributed by atoms with Gasteiger partial charge in [-0.25, -0.2) is 8.78 Å². The number of nitrogens with zero attached hydrogens (tertiary/aromatic N) is 1. The number of rotatable bonds is 9. The minimum absolute atomic E-state index is 0.221. The molecule has 0 aromatic heterocycles. The standard InChI is InChI=1S/C15H24F2N2O/c1-12(2)18-10-13-5-4-6-14(9-13)20-8-7-19(3)11-15(16)17/h4-6,9,12,15,18H,7-8,10-11H2,1-3H3. The zero-order chi connectivity index (χ0) is 15.0. The van der Waals surface area contributed by atoms with Crippen molar-refractivity contribution >= 4 is 0 Å². The molecule has 0 heterocycles. The summed E-state index contributed by atoms with van der Waals surface area (Å²) >= 11 is 0. The molecule has 1 N–H and O–H groups in total. The highest BCUT2D eigenvalue weighted by molar-refractivity contribution is 5.28. The van der Waals surface area contributed by atoms with Crippen LogP contribution in [0.2, 0.25) is 0 Å². The molecule has 0 radical (unpaired) electrons. The van der Waals surface area contributed by atoms with Crippen molar-refractivity contribution in [2.75, 3.05) is 26.7 Å². The second-order valence-electron chi connectivity index (χ2n) is 5.18. The van der Waals surface area contributed by atoms with Gasteiger partial charge in [0.2, 0.25) is 0 Å². The van der Waals surface area contributed by atoms with Crippen LogP contribution in [0.15, 0.2) is 24.3 Å². The first kappa shape index (κ1) is 16.9. The summed E-state index contributed by atoms with van der Waals surface area (Å²) in [7, 11) is 1.67. The third-order valence-corrected chi connectivity index (χ3v) is 2.80. The first-order valence-electron chi connectivity index (χ1n) is 6.89. The summed E-state index contributed by atoms with van der Waals surface area (Å²) in [5.74, 6) is 0.776. The van der Waals surface area contributed by atoms with Gasteiger partial charge in [0.15, 0.2) is 0 Å². The molecule has 0 fully saturated rings. The Kier molecular flexibility index (Phi) is 7.47. The zero-order valence-electron chi connectivity index (χ0n) is 12.4. The highest BCUT2D eigenvalue weighted by Gasteiger charge is 2.07. The summed E-state index contributed by atoms with van der Waals surface area (Å²) in [5.41, 5.74) is 1.15. The molecule has 0 aliphatic rings. The monoisotopic (exact) mass is 286 g/mol. The van der Waals surface area contributed by atoms with Crippen molar-refractivity contribution in [1.29, 1.82) is 0 Å². The Hall–Kier alpha value is -1.20. The van der Waals surface area contributed by atoms with Crippen molar-refractivity contribution in [3.8, 4) is 5.75 Å². The lowest BCUT2D eigenvalue weighted by Gasteiger charge is -2.16. The van der Waals surface area contributed by atoms with Crippen LogP contribution < -0.4 is 10.1 Å². The average Bonchev–Trinajstić information content (AvgIpc) is 2.36. The lowest BCUT2D eigenvalue weighted by atomic mass is 10.2. The molecule has 3 nitrogen and oxygen atoms in total. The van der Waals surface area contributed by atoms with Crippen LogP contribution in [0.5, 0.6) is 5.75 Å². The number of nitrogens with one attached hydrogen (secondary N) is 1. The van der Waals surface area contributed by atoms with Crippen molar-refractivity contribution in [3.63, 3.8) is 0 Å². The van der Waals surface area contributed by atoms with E-state index in [0.29, 0.717) is 19.2 Å². The van der Waals surface area contributed by atoms with Gasteiger partial charge >= 0.3 is 0 Å². The molecule has 0 amide bonds. The van der Waals surface area contributed by atoms with E-state index in [2.05, 4.69) is 19.2 Å². The van der Waals surface area contributed by atoms with Crippen LogP contribution in [-0.4, -0.2) is 44.1 Å². The summed E-state index contributed by atoms with van der Waals surface area (Å²) in [6.45, 7) is 5.66. The van der Waals surface area contributed by atoms with E-state index < -0.39 is 6.43 Å². The van der Waals surface area contributed by atoms with Crippen molar-refractivity contribution in [1.82, 2.24) is 10.2 Å². The Labute approximate surface area is 119 Å². The van der Waals surface area contributed by atoms with Crippen molar-refractivity contribution in [2.24, 2.45) is 0 Å². The molecule has 0 aliphatic heterocycles. The summed E-state index contributed by atoms with van der Waals surface area (Å²) in [6, 6.07) is 8.26. The first-order chi connectivity index (χ1) is 9.47. The first-order valence-corrected chi connectivity index (χ1v) is 6.89. The molecule has 0 saturated carbocycles. The van der Waals surface area contributed by atoms with E-state index in [4.69, 9.17) is 4.74 Å². The van der Waals surface area contributed by atoms with Crippen LogP contribution in [0, 0.1) is 0 Å². The molecule has 0 spiro atoms. The molecule has 0 atom stereocenters. The van der Waals surface area contributed by atoms with E-state index in [9.17, 15) is 8.78 Å². The molecule has 20 heavy (non-hydrogen) atoms. The van der Waals surface area contributed by atoms with Crippen molar-refractivity contribution < 1.29 is 13.5 Å². The average molecular weight is 286 g/mol. The maximum atomic E-state index is 12.1. The fourth-order valence-electron chi connectivity index (χ4n) is 1.71. The summed E-state index contributed by atoms with van der Waals surface area (Å²) in [6.07, 6.45) is -2.30. The van der Waals surface area contributed by atoms with E-state index >= 15 is 0 Å². The molecule has 1 aromatic carbocycles. The molecule has 1 rings (SSSR count). The van der Waals surface area contributed by atoms with Crippen molar-refractivity contribution in [3.05, 3.63) is 29.8 Å². The number of likely N-dealkylation sites (N-methyl/N-ethyl adjacent to an activating group) is 1. The fourth-order valence-corrected chi connectivity index (χ4v) is 1.71. The minimum atomic E-state index is -2.30. The highest BCUT2D eigenvalue weighted by Crippen LogP contribution is 2.13. The lowest BCUT2D eigenvalue weighted by Crippen LogP contribution is -2.29. The van der Waals surface area contributed by atoms with E-state index in [-0.39, 0.29) is 6.54 Å². The summed E-state index contributed by atoms with van der Waals surface area (Å²) in [4.78, 5) is 1.56. The normalized spacial score (nSPS) is 11.6. The zero-order valence-corrected chi connectivity index (χ0v) is 12.4. The maximum Gasteiger partial charge on any atom is 0.251 e. The number of alkyl halides is 2. The van der Waals surface area contributed by atoms with Gasteiger partial charge in [0.25, 0.3) is 6.43 Å². The number of hydrogen-bond donors (Lipinski definition) is 1.